The molecule has 0 N–H and O–H groups in total. The van der Waals surface area contributed by atoms with E-state index in [9.17, 15) is 4.48 Å². The van der Waals surface area contributed by atoms with E-state index in [1.165, 1.54) is 7.05 Å². The first-order valence-electron chi connectivity index (χ1n) is 7.59. The fraction of sp³-hybridized carbons (Fsp3) is 0.588. The van der Waals surface area contributed by atoms with Gasteiger partial charge in [0.25, 0.3) is 0 Å². The summed E-state index contributed by atoms with van der Waals surface area (Å²) in [5, 5.41) is 0.741. The van der Waals surface area contributed by atoms with Crippen molar-refractivity contribution in [3.05, 3.63) is 36.2 Å². The molecule has 4 heteroatoms. The molecular formula is C17H28FN3. The molecule has 0 aliphatic carbocycles. The van der Waals surface area contributed by atoms with E-state index in [-0.39, 0.29) is 5.92 Å². The minimum absolute atomic E-state index is 0.206. The van der Waals surface area contributed by atoms with Crippen LogP contribution in [0.5, 0.6) is 0 Å². The fourth-order valence-corrected chi connectivity index (χ4v) is 2.82. The van der Waals surface area contributed by atoms with Gasteiger partial charge in [0, 0.05) is 31.4 Å². The molecule has 1 aliphatic rings. The minimum Gasteiger partial charge on any atom is -0.292 e. The summed E-state index contributed by atoms with van der Waals surface area (Å²) < 4.78 is 14.0. The second-order valence-electron chi connectivity index (χ2n) is 5.77. The molecular weight excluding hydrogens is 265 g/mol. The summed E-state index contributed by atoms with van der Waals surface area (Å²) in [7, 11) is 1.46. The molecule has 3 nitrogen and oxygen atoms in total. The SMILES string of the molecule is C=CCC(C)C1=C(N(C)F)CN(CCC)CC1=NC(=C)C. The van der Waals surface area contributed by atoms with E-state index in [0.29, 0.717) is 12.2 Å². The molecule has 0 amide bonds. The van der Waals surface area contributed by atoms with Crippen LogP contribution in [0.4, 0.5) is 4.48 Å². The molecule has 21 heavy (non-hydrogen) atoms. The maximum absolute atomic E-state index is 14.0. The van der Waals surface area contributed by atoms with E-state index in [1.54, 1.807) is 0 Å². The van der Waals surface area contributed by atoms with Crippen LogP contribution in [0.15, 0.2) is 41.2 Å². The van der Waals surface area contributed by atoms with Gasteiger partial charge >= 0.3 is 0 Å². The van der Waals surface area contributed by atoms with Crippen molar-refractivity contribution in [2.24, 2.45) is 10.9 Å². The number of aliphatic imine (C=N–C) groups is 1. The first kappa shape index (κ1) is 17.6. The molecule has 0 radical (unpaired) electrons. The molecule has 0 bridgehead atoms. The molecule has 1 rings (SSSR count). The van der Waals surface area contributed by atoms with Crippen molar-refractivity contribution in [2.75, 3.05) is 26.7 Å². The van der Waals surface area contributed by atoms with Gasteiger partial charge < -0.3 is 0 Å². The van der Waals surface area contributed by atoms with Crippen LogP contribution in [0.3, 0.4) is 0 Å². The first-order chi connectivity index (χ1) is 9.90. The summed E-state index contributed by atoms with van der Waals surface area (Å²) in [6, 6.07) is 0. The van der Waals surface area contributed by atoms with Crippen molar-refractivity contribution >= 4 is 5.71 Å². The molecule has 1 atom stereocenters. The quantitative estimate of drug-likeness (QED) is 0.522. The van der Waals surface area contributed by atoms with Crippen molar-refractivity contribution in [3.8, 4) is 0 Å². The number of nitrogens with zero attached hydrogens (tertiary/aromatic N) is 3. The molecule has 0 fully saturated rings. The zero-order valence-electron chi connectivity index (χ0n) is 13.8. The van der Waals surface area contributed by atoms with Crippen LogP contribution >= 0.6 is 0 Å². The van der Waals surface area contributed by atoms with Crippen LogP contribution in [0.25, 0.3) is 0 Å². The van der Waals surface area contributed by atoms with Crippen LogP contribution in [0.2, 0.25) is 0 Å². The molecule has 1 heterocycles. The van der Waals surface area contributed by atoms with Crippen LogP contribution in [0.1, 0.15) is 33.6 Å². The van der Waals surface area contributed by atoms with Gasteiger partial charge in [-0.2, -0.15) is 0 Å². The third-order valence-corrected chi connectivity index (χ3v) is 3.62. The lowest BCUT2D eigenvalue weighted by atomic mass is 9.88. The fourth-order valence-electron chi connectivity index (χ4n) is 2.82. The third kappa shape index (κ3) is 4.81. The average Bonchev–Trinajstić information content (AvgIpc) is 2.37. The Morgan fingerprint density at radius 1 is 1.52 bits per heavy atom. The third-order valence-electron chi connectivity index (χ3n) is 3.62. The van der Waals surface area contributed by atoms with E-state index < -0.39 is 0 Å². The average molecular weight is 293 g/mol. The Morgan fingerprint density at radius 2 is 2.19 bits per heavy atom. The van der Waals surface area contributed by atoms with Gasteiger partial charge in [0.05, 0.1) is 11.4 Å². The number of rotatable bonds is 7. The summed E-state index contributed by atoms with van der Waals surface area (Å²) in [4.78, 5) is 6.81. The number of allylic oxidation sites excluding steroid dienone is 2. The van der Waals surface area contributed by atoms with Crippen LogP contribution in [-0.2, 0) is 0 Å². The molecule has 118 valence electrons. The highest BCUT2D eigenvalue weighted by Crippen LogP contribution is 2.28. The zero-order chi connectivity index (χ0) is 16.0. The normalized spacial score (nSPS) is 19.8. The summed E-state index contributed by atoms with van der Waals surface area (Å²) in [6.07, 6.45) is 3.74. The van der Waals surface area contributed by atoms with Crippen molar-refractivity contribution in [2.45, 2.75) is 33.6 Å². The Kier molecular flexibility index (Phi) is 6.82. The van der Waals surface area contributed by atoms with Gasteiger partial charge in [-0.15, -0.1) is 11.1 Å². The largest absolute Gasteiger partial charge is 0.292 e. The zero-order valence-corrected chi connectivity index (χ0v) is 13.8. The number of hydrogen-bond donors (Lipinski definition) is 0. The van der Waals surface area contributed by atoms with Crippen molar-refractivity contribution in [1.29, 1.82) is 0 Å². The molecule has 0 saturated heterocycles. The topological polar surface area (TPSA) is 18.8 Å². The lowest BCUT2D eigenvalue weighted by Crippen LogP contribution is -2.42. The van der Waals surface area contributed by atoms with Gasteiger partial charge in [-0.1, -0.05) is 26.5 Å². The van der Waals surface area contributed by atoms with Crippen LogP contribution in [0, 0.1) is 5.92 Å². The summed E-state index contributed by atoms with van der Waals surface area (Å²) >= 11 is 0. The van der Waals surface area contributed by atoms with E-state index >= 15 is 0 Å². The highest BCUT2D eigenvalue weighted by molar-refractivity contribution is 6.04. The van der Waals surface area contributed by atoms with Gasteiger partial charge in [-0.25, -0.2) is 5.12 Å². The smallest absolute Gasteiger partial charge is 0.0652 e. The highest BCUT2D eigenvalue weighted by Gasteiger charge is 2.29. The minimum atomic E-state index is 0.206. The number of likely N-dealkylation sites (N-methyl/N-ethyl adjacent to an activating group) is 1. The van der Waals surface area contributed by atoms with E-state index in [2.05, 4.69) is 36.9 Å². The predicted molar refractivity (Wildman–Crippen MR) is 88.9 cm³/mol. The molecule has 0 aromatic rings. The van der Waals surface area contributed by atoms with Gasteiger partial charge in [0.1, 0.15) is 0 Å². The van der Waals surface area contributed by atoms with Gasteiger partial charge in [-0.05, 0) is 32.2 Å². The predicted octanol–water partition coefficient (Wildman–Crippen LogP) is 3.97. The molecule has 0 spiro atoms. The molecule has 0 aromatic heterocycles. The lowest BCUT2D eigenvalue weighted by molar-refractivity contribution is 0.0890. The van der Waals surface area contributed by atoms with Gasteiger partial charge in [-0.3, -0.25) is 9.89 Å². The number of halogens is 1. The van der Waals surface area contributed by atoms with Crippen LogP contribution < -0.4 is 0 Å². The Bertz CT molecular complexity index is 449. The Hall–Kier alpha value is -1.42. The van der Waals surface area contributed by atoms with Gasteiger partial charge in [0.15, 0.2) is 0 Å². The second kappa shape index (κ2) is 8.13. The summed E-state index contributed by atoms with van der Waals surface area (Å²) in [6.45, 7) is 16.1. The van der Waals surface area contributed by atoms with Crippen LogP contribution in [-0.4, -0.2) is 42.4 Å². The van der Waals surface area contributed by atoms with E-state index in [1.807, 2.05) is 13.0 Å². The molecule has 1 aliphatic heterocycles. The summed E-state index contributed by atoms with van der Waals surface area (Å²) in [5.41, 5.74) is 3.42. The van der Waals surface area contributed by atoms with Crippen molar-refractivity contribution in [3.63, 3.8) is 0 Å². The van der Waals surface area contributed by atoms with Crippen molar-refractivity contribution in [1.82, 2.24) is 10.0 Å². The highest BCUT2D eigenvalue weighted by atomic mass is 19.2. The maximum Gasteiger partial charge on any atom is 0.0652 e. The standard InChI is InChI=1S/C17H28FN3/c1-7-9-14(5)17-15(19-13(3)4)11-21(10-8-2)12-16(17)20(6)18/h7,14H,1,3,8-12H2,2,4-6H3. The lowest BCUT2D eigenvalue weighted by Gasteiger charge is -2.35. The Morgan fingerprint density at radius 3 is 2.67 bits per heavy atom. The first-order valence-corrected chi connectivity index (χ1v) is 7.59. The van der Waals surface area contributed by atoms with Gasteiger partial charge in [0.2, 0.25) is 0 Å². The molecule has 0 saturated carbocycles. The summed E-state index contributed by atoms with van der Waals surface area (Å²) in [5.74, 6) is 0.206. The second-order valence-corrected chi connectivity index (χ2v) is 5.77. The van der Waals surface area contributed by atoms with E-state index in [0.717, 1.165) is 48.0 Å². The molecule has 0 aromatic carbocycles. The monoisotopic (exact) mass is 293 g/mol. The Balaban J connectivity index is 3.29. The Labute approximate surface area is 128 Å². The van der Waals surface area contributed by atoms with Crippen molar-refractivity contribution < 1.29 is 4.48 Å². The maximum atomic E-state index is 14.0. The van der Waals surface area contributed by atoms with E-state index in [4.69, 9.17) is 0 Å². The number of hydrogen-bond acceptors (Lipinski definition) is 3. The molecule has 1 unspecified atom stereocenters.